The number of anilines is 2. The van der Waals surface area contributed by atoms with Gasteiger partial charge in [0.1, 0.15) is 5.75 Å². The van der Waals surface area contributed by atoms with E-state index in [1.165, 1.54) is 23.1 Å². The van der Waals surface area contributed by atoms with Crippen molar-refractivity contribution in [2.24, 2.45) is 0 Å². The summed E-state index contributed by atoms with van der Waals surface area (Å²) in [4.78, 5) is 18.1. The van der Waals surface area contributed by atoms with E-state index in [-0.39, 0.29) is 5.91 Å². The average Bonchev–Trinajstić information content (AvgIpc) is 2.73. The molecule has 5 nitrogen and oxygen atoms in total. The molecule has 0 fully saturated rings. The van der Waals surface area contributed by atoms with Crippen LogP contribution in [0.15, 0.2) is 53.4 Å². The summed E-state index contributed by atoms with van der Waals surface area (Å²) >= 11 is 1.46. The van der Waals surface area contributed by atoms with Crippen molar-refractivity contribution >= 4 is 29.2 Å². The lowest BCUT2D eigenvalue weighted by molar-refractivity contribution is 0.102. The zero-order chi connectivity index (χ0) is 21.7. The molecule has 3 aromatic rings. The fourth-order valence-corrected chi connectivity index (χ4v) is 4.14. The second-order valence-electron chi connectivity index (χ2n) is 7.13. The number of aryl methyl sites for hydroxylation is 4. The van der Waals surface area contributed by atoms with Gasteiger partial charge in [-0.25, -0.2) is 0 Å². The van der Waals surface area contributed by atoms with Gasteiger partial charge in [0, 0.05) is 22.6 Å². The van der Waals surface area contributed by atoms with E-state index < -0.39 is 0 Å². The number of carbonyl (C=O) groups is 1. The van der Waals surface area contributed by atoms with Crippen LogP contribution in [-0.2, 0) is 6.42 Å². The van der Waals surface area contributed by atoms with Gasteiger partial charge >= 0.3 is 0 Å². The molecule has 0 unspecified atom stereocenters. The van der Waals surface area contributed by atoms with E-state index in [1.54, 1.807) is 13.2 Å². The van der Waals surface area contributed by atoms with Gasteiger partial charge in [-0.3, -0.25) is 9.78 Å². The molecule has 2 N–H and O–H groups in total. The summed E-state index contributed by atoms with van der Waals surface area (Å²) in [7, 11) is 1.64. The Labute approximate surface area is 182 Å². The second-order valence-corrected chi connectivity index (χ2v) is 7.98. The van der Waals surface area contributed by atoms with E-state index in [2.05, 4.69) is 41.0 Å². The number of aromatic nitrogens is 1. The summed E-state index contributed by atoms with van der Waals surface area (Å²) in [5.74, 6) is 0.587. The zero-order valence-electron chi connectivity index (χ0n) is 18.0. The second kappa shape index (κ2) is 9.67. The lowest BCUT2D eigenvalue weighted by Crippen LogP contribution is -2.13. The Balaban J connectivity index is 1.80. The number of nitrogens with one attached hydrogen (secondary N) is 2. The summed E-state index contributed by atoms with van der Waals surface area (Å²) in [6.07, 6.45) is 0.787. The molecule has 0 saturated carbocycles. The minimum atomic E-state index is -0.154. The lowest BCUT2D eigenvalue weighted by Gasteiger charge is -2.15. The van der Waals surface area contributed by atoms with Gasteiger partial charge in [0.15, 0.2) is 0 Å². The molecule has 0 atom stereocenters. The van der Waals surface area contributed by atoms with Crippen LogP contribution in [0.5, 0.6) is 5.75 Å². The van der Waals surface area contributed by atoms with Gasteiger partial charge in [0.2, 0.25) is 0 Å². The topological polar surface area (TPSA) is 63.2 Å². The van der Waals surface area contributed by atoms with Crippen molar-refractivity contribution in [3.63, 3.8) is 0 Å². The van der Waals surface area contributed by atoms with E-state index >= 15 is 0 Å². The monoisotopic (exact) mass is 421 g/mol. The summed E-state index contributed by atoms with van der Waals surface area (Å²) in [6.45, 7) is 8.08. The smallest absolute Gasteiger partial charge is 0.255 e. The zero-order valence-corrected chi connectivity index (χ0v) is 18.8. The van der Waals surface area contributed by atoms with Gasteiger partial charge < -0.3 is 14.8 Å². The highest BCUT2D eigenvalue weighted by molar-refractivity contribution is 8.00. The predicted octanol–water partition coefficient (Wildman–Crippen LogP) is 5.95. The molecule has 0 bridgehead atoms. The summed E-state index contributed by atoms with van der Waals surface area (Å²) < 4.78 is 8.93. The molecule has 0 aliphatic heterocycles. The standard InChI is InChI=1S/C24H27N3O2S/c1-6-19-13-18(12-17(4)25-19)24(28)26-20-10-11-21(29-5)22(14-20)30-27-23-15(2)8-7-9-16(23)3/h7-14,27H,6H2,1-5H3,(H,26,28). The Hall–Kier alpha value is -2.99. The minimum absolute atomic E-state index is 0.154. The SMILES string of the molecule is CCc1cc(C(=O)Nc2ccc(OC)c(SNc3c(C)cccc3C)c2)cc(C)n1. The van der Waals surface area contributed by atoms with Gasteiger partial charge in [-0.15, -0.1) is 0 Å². The van der Waals surface area contributed by atoms with Crippen molar-refractivity contribution in [2.45, 2.75) is 39.0 Å². The van der Waals surface area contributed by atoms with Crippen molar-refractivity contribution in [2.75, 3.05) is 17.1 Å². The third kappa shape index (κ3) is 5.13. The van der Waals surface area contributed by atoms with E-state index in [9.17, 15) is 4.79 Å². The Morgan fingerprint density at radius 2 is 1.80 bits per heavy atom. The van der Waals surface area contributed by atoms with E-state index in [0.717, 1.165) is 34.1 Å². The van der Waals surface area contributed by atoms with Gasteiger partial charge in [-0.05, 0) is 80.6 Å². The first-order valence-electron chi connectivity index (χ1n) is 9.87. The molecule has 1 amide bonds. The number of ether oxygens (including phenoxy) is 1. The van der Waals surface area contributed by atoms with Crippen LogP contribution in [-0.4, -0.2) is 18.0 Å². The fraction of sp³-hybridized carbons (Fsp3) is 0.250. The first-order valence-corrected chi connectivity index (χ1v) is 10.7. The van der Waals surface area contributed by atoms with Crippen molar-refractivity contribution in [3.05, 3.63) is 76.6 Å². The Bertz CT molecular complexity index is 1050. The quantitative estimate of drug-likeness (QED) is 0.462. The average molecular weight is 422 g/mol. The maximum atomic E-state index is 12.8. The van der Waals surface area contributed by atoms with Crippen LogP contribution in [0, 0.1) is 20.8 Å². The highest BCUT2D eigenvalue weighted by Gasteiger charge is 2.12. The summed E-state index contributed by atoms with van der Waals surface area (Å²) in [5, 5.41) is 2.99. The molecule has 0 aliphatic carbocycles. The third-order valence-corrected chi connectivity index (χ3v) is 5.64. The van der Waals surface area contributed by atoms with Crippen LogP contribution in [0.1, 0.15) is 39.8 Å². The molecule has 0 spiro atoms. The summed E-state index contributed by atoms with van der Waals surface area (Å²) in [6, 6.07) is 15.4. The molecule has 0 saturated heterocycles. The highest BCUT2D eigenvalue weighted by Crippen LogP contribution is 2.34. The number of hydrogen-bond donors (Lipinski definition) is 2. The van der Waals surface area contributed by atoms with Crippen LogP contribution in [0.4, 0.5) is 11.4 Å². The molecular weight excluding hydrogens is 394 g/mol. The molecule has 3 rings (SSSR count). The van der Waals surface area contributed by atoms with Crippen molar-refractivity contribution in [1.82, 2.24) is 4.98 Å². The third-order valence-electron chi connectivity index (χ3n) is 4.80. The lowest BCUT2D eigenvalue weighted by atomic mass is 10.1. The van der Waals surface area contributed by atoms with Crippen LogP contribution in [0.25, 0.3) is 0 Å². The highest BCUT2D eigenvalue weighted by atomic mass is 32.2. The molecule has 0 aliphatic rings. The van der Waals surface area contributed by atoms with Crippen molar-refractivity contribution in [1.29, 1.82) is 0 Å². The number of rotatable bonds is 7. The van der Waals surface area contributed by atoms with Gasteiger partial charge in [-0.2, -0.15) is 0 Å². The number of carbonyl (C=O) groups excluding carboxylic acids is 1. The van der Waals surface area contributed by atoms with Crippen LogP contribution in [0.2, 0.25) is 0 Å². The number of para-hydroxylation sites is 1. The number of nitrogens with zero attached hydrogens (tertiary/aromatic N) is 1. The van der Waals surface area contributed by atoms with Crippen LogP contribution in [0.3, 0.4) is 0 Å². The normalized spacial score (nSPS) is 10.6. The van der Waals surface area contributed by atoms with E-state index in [1.807, 2.05) is 44.2 Å². The fourth-order valence-electron chi connectivity index (χ4n) is 3.17. The molecule has 30 heavy (non-hydrogen) atoms. The number of hydrogen-bond acceptors (Lipinski definition) is 5. The van der Waals surface area contributed by atoms with E-state index in [0.29, 0.717) is 11.3 Å². The maximum Gasteiger partial charge on any atom is 0.255 e. The van der Waals surface area contributed by atoms with Crippen molar-refractivity contribution in [3.8, 4) is 5.75 Å². The Morgan fingerprint density at radius 3 is 2.47 bits per heavy atom. The first-order chi connectivity index (χ1) is 14.4. The number of amides is 1. The van der Waals surface area contributed by atoms with Crippen molar-refractivity contribution < 1.29 is 9.53 Å². The van der Waals surface area contributed by atoms with E-state index in [4.69, 9.17) is 4.74 Å². The predicted molar refractivity (Wildman–Crippen MR) is 125 cm³/mol. The Morgan fingerprint density at radius 1 is 1.07 bits per heavy atom. The number of pyridine rings is 1. The number of methoxy groups -OCH3 is 1. The molecule has 2 aromatic carbocycles. The van der Waals surface area contributed by atoms with Gasteiger partial charge in [0.25, 0.3) is 5.91 Å². The maximum absolute atomic E-state index is 12.8. The number of benzene rings is 2. The Kier molecular flexibility index (Phi) is 7.00. The molecule has 156 valence electrons. The molecule has 1 aromatic heterocycles. The summed E-state index contributed by atoms with van der Waals surface area (Å²) in [5.41, 5.74) is 6.49. The molecule has 1 heterocycles. The minimum Gasteiger partial charge on any atom is -0.496 e. The van der Waals surface area contributed by atoms with Crippen LogP contribution < -0.4 is 14.8 Å². The first kappa shape index (κ1) is 21.7. The molecular formula is C24H27N3O2S. The van der Waals surface area contributed by atoms with Gasteiger partial charge in [0.05, 0.1) is 17.7 Å². The molecule has 0 radical (unpaired) electrons. The van der Waals surface area contributed by atoms with Crippen LogP contribution >= 0.6 is 11.9 Å². The largest absolute Gasteiger partial charge is 0.496 e. The van der Waals surface area contributed by atoms with Gasteiger partial charge in [-0.1, -0.05) is 25.1 Å². The molecule has 6 heteroatoms.